The van der Waals surface area contributed by atoms with Gasteiger partial charge in [0.1, 0.15) is 5.01 Å². The summed E-state index contributed by atoms with van der Waals surface area (Å²) < 4.78 is 1.05. The highest BCUT2D eigenvalue weighted by molar-refractivity contribution is 7.22. The van der Waals surface area contributed by atoms with Gasteiger partial charge in [0, 0.05) is 22.3 Å². The Balaban J connectivity index is 1.26. The van der Waals surface area contributed by atoms with Gasteiger partial charge in [0.2, 0.25) is 0 Å². The normalized spacial score (nSPS) is 11.1. The molecule has 0 N–H and O–H groups in total. The summed E-state index contributed by atoms with van der Waals surface area (Å²) in [5.74, 6) is 1.89. The molecule has 0 atom stereocenters. The van der Waals surface area contributed by atoms with Gasteiger partial charge in [-0.05, 0) is 46.5 Å². The van der Waals surface area contributed by atoms with E-state index >= 15 is 0 Å². The molecule has 0 radical (unpaired) electrons. The zero-order valence-corrected chi connectivity index (χ0v) is 25.0. The minimum Gasteiger partial charge on any atom is -0.236 e. The molecule has 0 aliphatic carbocycles. The lowest BCUT2D eigenvalue weighted by atomic mass is 9.98. The van der Waals surface area contributed by atoms with Crippen LogP contribution in [0.15, 0.2) is 158 Å². The maximum atomic E-state index is 5.09. The number of nitrogens with zero attached hydrogens (tertiary/aromatic N) is 4. The van der Waals surface area contributed by atoms with Gasteiger partial charge < -0.3 is 0 Å². The van der Waals surface area contributed by atoms with Crippen molar-refractivity contribution < 1.29 is 0 Å². The number of rotatable bonds is 6. The molecule has 2 heterocycles. The third kappa shape index (κ3) is 5.42. The summed E-state index contributed by atoms with van der Waals surface area (Å²) in [6.07, 6.45) is 0. The Labute approximate surface area is 265 Å². The fourth-order valence-corrected chi connectivity index (χ4v) is 6.60. The third-order valence-corrected chi connectivity index (χ3v) is 8.92. The molecule has 4 nitrogen and oxygen atoms in total. The van der Waals surface area contributed by atoms with E-state index in [0.29, 0.717) is 17.5 Å². The SMILES string of the molecule is c1ccc(-c2cccc(-c3cccc(-c4nc(-c5ccccc5)nc(-c5cccc6nc(-c7ccccc7)sc56)n4)c3)c2)cc1. The lowest BCUT2D eigenvalue weighted by molar-refractivity contribution is 1.08. The van der Waals surface area contributed by atoms with E-state index in [4.69, 9.17) is 19.9 Å². The molecular formula is C40H26N4S. The van der Waals surface area contributed by atoms with Gasteiger partial charge >= 0.3 is 0 Å². The molecule has 0 amide bonds. The van der Waals surface area contributed by atoms with Crippen LogP contribution in [0.4, 0.5) is 0 Å². The Kier molecular flexibility index (Phi) is 6.98. The lowest BCUT2D eigenvalue weighted by Gasteiger charge is -2.10. The molecule has 0 saturated carbocycles. The summed E-state index contributed by atoms with van der Waals surface area (Å²) in [6.45, 7) is 0. The molecule has 212 valence electrons. The Bertz CT molecular complexity index is 2260. The predicted molar refractivity (Wildman–Crippen MR) is 186 cm³/mol. The molecule has 0 bridgehead atoms. The summed E-state index contributed by atoms with van der Waals surface area (Å²) in [5, 5.41) is 0.973. The molecule has 0 saturated heterocycles. The van der Waals surface area contributed by atoms with Crippen molar-refractivity contribution in [2.75, 3.05) is 0 Å². The number of aromatic nitrogens is 4. The quantitative estimate of drug-likeness (QED) is 0.192. The first-order valence-corrected chi connectivity index (χ1v) is 15.6. The Hall–Kier alpha value is -5.78. The smallest absolute Gasteiger partial charge is 0.165 e. The van der Waals surface area contributed by atoms with Crippen molar-refractivity contribution in [1.82, 2.24) is 19.9 Å². The topological polar surface area (TPSA) is 51.6 Å². The number of fused-ring (bicyclic) bond motifs is 1. The van der Waals surface area contributed by atoms with Gasteiger partial charge in [0.05, 0.1) is 10.2 Å². The summed E-state index contributed by atoms with van der Waals surface area (Å²) in [4.78, 5) is 20.1. The van der Waals surface area contributed by atoms with Crippen LogP contribution >= 0.6 is 11.3 Å². The zero-order chi connectivity index (χ0) is 30.0. The number of benzene rings is 6. The van der Waals surface area contributed by atoms with Crippen LogP contribution in [0.2, 0.25) is 0 Å². The summed E-state index contributed by atoms with van der Waals surface area (Å²) in [5.41, 5.74) is 9.45. The summed E-state index contributed by atoms with van der Waals surface area (Å²) >= 11 is 1.66. The van der Waals surface area contributed by atoms with Gasteiger partial charge in [-0.25, -0.2) is 19.9 Å². The summed E-state index contributed by atoms with van der Waals surface area (Å²) in [6, 6.07) is 54.1. The number of thiazole rings is 1. The first-order chi connectivity index (χ1) is 22.3. The lowest BCUT2D eigenvalue weighted by Crippen LogP contribution is -2.00. The maximum absolute atomic E-state index is 5.09. The van der Waals surface area contributed by atoms with Gasteiger partial charge in [0.15, 0.2) is 17.5 Å². The fourth-order valence-electron chi connectivity index (χ4n) is 5.52. The molecule has 2 aromatic heterocycles. The zero-order valence-electron chi connectivity index (χ0n) is 24.2. The van der Waals surface area contributed by atoms with Crippen molar-refractivity contribution in [3.05, 3.63) is 158 Å². The van der Waals surface area contributed by atoms with Crippen LogP contribution in [0.25, 0.3) is 77.2 Å². The van der Waals surface area contributed by atoms with E-state index in [-0.39, 0.29) is 0 Å². The molecule has 6 aromatic carbocycles. The average molecular weight is 595 g/mol. The van der Waals surface area contributed by atoms with Crippen LogP contribution < -0.4 is 0 Å². The third-order valence-electron chi connectivity index (χ3n) is 7.77. The Morgan fingerprint density at radius 3 is 1.47 bits per heavy atom. The molecule has 0 spiro atoms. The highest BCUT2D eigenvalue weighted by atomic mass is 32.1. The highest BCUT2D eigenvalue weighted by Crippen LogP contribution is 2.37. The molecule has 0 aliphatic heterocycles. The number of hydrogen-bond donors (Lipinski definition) is 0. The first-order valence-electron chi connectivity index (χ1n) is 14.8. The Morgan fingerprint density at radius 2 is 0.800 bits per heavy atom. The number of hydrogen-bond acceptors (Lipinski definition) is 5. The monoisotopic (exact) mass is 594 g/mol. The molecule has 45 heavy (non-hydrogen) atoms. The van der Waals surface area contributed by atoms with E-state index in [1.165, 1.54) is 11.1 Å². The van der Waals surface area contributed by atoms with Gasteiger partial charge in [-0.1, -0.05) is 133 Å². The molecule has 8 aromatic rings. The van der Waals surface area contributed by atoms with Crippen LogP contribution in [0.3, 0.4) is 0 Å². The van der Waals surface area contributed by atoms with Crippen LogP contribution in [-0.2, 0) is 0 Å². The van der Waals surface area contributed by atoms with E-state index in [1.54, 1.807) is 11.3 Å². The van der Waals surface area contributed by atoms with Gasteiger partial charge in [-0.3, -0.25) is 0 Å². The molecule has 0 fully saturated rings. The standard InChI is InChI=1S/C40H26N4S/c1-4-13-27(14-5-1)30-19-10-20-31(25-30)32-21-11-22-33(26-32)38-42-37(28-15-6-2-7-16-28)43-39(44-38)34-23-12-24-35-36(34)45-40(41-35)29-17-8-3-9-18-29/h1-26H. The van der Waals surface area contributed by atoms with Crippen molar-refractivity contribution in [3.63, 3.8) is 0 Å². The molecular weight excluding hydrogens is 569 g/mol. The van der Waals surface area contributed by atoms with Gasteiger partial charge in [-0.15, -0.1) is 11.3 Å². The maximum Gasteiger partial charge on any atom is 0.165 e. The van der Waals surface area contributed by atoms with E-state index in [1.807, 2.05) is 60.7 Å². The van der Waals surface area contributed by atoms with E-state index < -0.39 is 0 Å². The fraction of sp³-hybridized carbons (Fsp3) is 0. The minimum atomic E-state index is 0.629. The first kappa shape index (κ1) is 26.8. The largest absolute Gasteiger partial charge is 0.236 e. The molecule has 8 rings (SSSR count). The predicted octanol–water partition coefficient (Wildman–Crippen LogP) is 10.5. The van der Waals surface area contributed by atoms with Crippen molar-refractivity contribution in [2.45, 2.75) is 0 Å². The molecule has 0 aliphatic rings. The van der Waals surface area contributed by atoms with E-state index in [2.05, 4.69) is 97.1 Å². The second kappa shape index (κ2) is 11.7. The highest BCUT2D eigenvalue weighted by Gasteiger charge is 2.17. The van der Waals surface area contributed by atoms with E-state index in [9.17, 15) is 0 Å². The van der Waals surface area contributed by atoms with E-state index in [0.717, 1.165) is 48.6 Å². The molecule has 5 heteroatoms. The van der Waals surface area contributed by atoms with Crippen molar-refractivity contribution in [1.29, 1.82) is 0 Å². The molecule has 0 unspecified atom stereocenters. The van der Waals surface area contributed by atoms with Gasteiger partial charge in [-0.2, -0.15) is 0 Å². The van der Waals surface area contributed by atoms with Gasteiger partial charge in [0.25, 0.3) is 0 Å². The van der Waals surface area contributed by atoms with Crippen molar-refractivity contribution in [2.24, 2.45) is 0 Å². The average Bonchev–Trinajstić information content (AvgIpc) is 3.58. The van der Waals surface area contributed by atoms with Crippen molar-refractivity contribution >= 4 is 21.6 Å². The summed E-state index contributed by atoms with van der Waals surface area (Å²) in [7, 11) is 0. The second-order valence-electron chi connectivity index (χ2n) is 10.7. The van der Waals surface area contributed by atoms with Crippen molar-refractivity contribution in [3.8, 4) is 67.0 Å². The van der Waals surface area contributed by atoms with Crippen LogP contribution in [0.1, 0.15) is 0 Å². The minimum absolute atomic E-state index is 0.629. The van der Waals surface area contributed by atoms with Crippen LogP contribution in [0.5, 0.6) is 0 Å². The van der Waals surface area contributed by atoms with Crippen LogP contribution in [0, 0.1) is 0 Å². The Morgan fingerprint density at radius 1 is 0.333 bits per heavy atom. The van der Waals surface area contributed by atoms with Crippen LogP contribution in [-0.4, -0.2) is 19.9 Å². The second-order valence-corrected chi connectivity index (χ2v) is 11.7.